The highest BCUT2D eigenvalue weighted by atomic mass is 16.5. The Kier molecular flexibility index (Phi) is 2.37. The fourth-order valence-corrected chi connectivity index (χ4v) is 1.55. The van der Waals surface area contributed by atoms with Crippen LogP contribution in [0, 0.1) is 0 Å². The van der Waals surface area contributed by atoms with Crippen molar-refractivity contribution in [2.45, 2.75) is 6.92 Å². The first-order valence-corrected chi connectivity index (χ1v) is 4.76. The quantitative estimate of drug-likeness (QED) is 0.418. The van der Waals surface area contributed by atoms with Crippen molar-refractivity contribution in [2.24, 2.45) is 0 Å². The molecule has 1 aromatic rings. The lowest BCUT2D eigenvalue weighted by atomic mass is 10.1. The van der Waals surface area contributed by atoms with Crippen LogP contribution in [-0.2, 0) is 4.74 Å². The van der Waals surface area contributed by atoms with Crippen LogP contribution in [0.4, 0.5) is 0 Å². The van der Waals surface area contributed by atoms with Gasteiger partial charge in [-0.15, -0.1) is 0 Å². The smallest absolute Gasteiger partial charge is 0.200 e. The van der Waals surface area contributed by atoms with Crippen LogP contribution in [0.5, 0.6) is 0 Å². The number of benzene rings is 1. The van der Waals surface area contributed by atoms with Crippen molar-refractivity contribution in [1.82, 2.24) is 0 Å². The van der Waals surface area contributed by atoms with Gasteiger partial charge in [-0.1, -0.05) is 24.3 Å². The summed E-state index contributed by atoms with van der Waals surface area (Å²) in [5.74, 6) is -0.492. The third-order valence-corrected chi connectivity index (χ3v) is 2.27. The first kappa shape index (κ1) is 9.65. The van der Waals surface area contributed by atoms with E-state index in [1.165, 1.54) is 6.26 Å². The second-order valence-electron chi connectivity index (χ2n) is 3.19. The Morgan fingerprint density at radius 3 is 2.13 bits per heavy atom. The molecule has 1 aromatic carbocycles. The van der Waals surface area contributed by atoms with Crippen molar-refractivity contribution in [2.75, 3.05) is 6.61 Å². The van der Waals surface area contributed by atoms with Crippen LogP contribution in [0.25, 0.3) is 0 Å². The Balaban J connectivity index is 2.46. The number of Topliss-reactive ketones (excluding diaryl/α,β-unsaturated/α-hetero) is 2. The molecule has 0 aliphatic heterocycles. The van der Waals surface area contributed by atoms with Crippen LogP contribution < -0.4 is 0 Å². The predicted molar refractivity (Wildman–Crippen MR) is 54.8 cm³/mol. The van der Waals surface area contributed by atoms with Crippen LogP contribution in [0.15, 0.2) is 36.1 Å². The molecule has 0 N–H and O–H groups in total. The van der Waals surface area contributed by atoms with Gasteiger partial charge in [-0.25, -0.2) is 0 Å². The number of allylic oxidation sites excluding steroid dienone is 1. The Hall–Kier alpha value is -1.90. The van der Waals surface area contributed by atoms with E-state index >= 15 is 0 Å². The molecule has 0 spiro atoms. The number of ketones is 2. The number of rotatable bonds is 2. The molecule has 0 atom stereocenters. The molecule has 0 aromatic heterocycles. The van der Waals surface area contributed by atoms with E-state index in [0.717, 1.165) is 0 Å². The van der Waals surface area contributed by atoms with Crippen molar-refractivity contribution < 1.29 is 14.3 Å². The number of hydrogen-bond acceptors (Lipinski definition) is 3. The molecular weight excluding hydrogens is 192 g/mol. The Bertz CT molecular complexity index is 421. The van der Waals surface area contributed by atoms with Gasteiger partial charge < -0.3 is 4.74 Å². The van der Waals surface area contributed by atoms with Crippen molar-refractivity contribution >= 4 is 11.6 Å². The largest absolute Gasteiger partial charge is 0.501 e. The van der Waals surface area contributed by atoms with Crippen LogP contribution >= 0.6 is 0 Å². The van der Waals surface area contributed by atoms with Crippen LogP contribution in [0.1, 0.15) is 27.6 Å². The number of carbonyl (C=O) groups excluding carboxylic acids is 2. The summed E-state index contributed by atoms with van der Waals surface area (Å²) < 4.78 is 4.99. The van der Waals surface area contributed by atoms with E-state index in [1.807, 2.05) is 0 Å². The van der Waals surface area contributed by atoms with Gasteiger partial charge in [-0.3, -0.25) is 9.59 Å². The highest BCUT2D eigenvalue weighted by Gasteiger charge is 2.32. The summed E-state index contributed by atoms with van der Waals surface area (Å²) in [4.78, 5) is 23.5. The van der Waals surface area contributed by atoms with E-state index < -0.39 is 0 Å². The fraction of sp³-hybridized carbons (Fsp3) is 0.167. The van der Waals surface area contributed by atoms with Crippen molar-refractivity contribution in [3.63, 3.8) is 0 Å². The third kappa shape index (κ3) is 1.46. The standard InChI is InChI=1S/C12H10O3/c1-2-15-7-10-11(13)8-5-3-4-6-9(8)12(10)14/h3-7H,2H2,1H3. The lowest BCUT2D eigenvalue weighted by molar-refractivity contribution is 0.0980. The van der Waals surface area contributed by atoms with Crippen LogP contribution in [-0.4, -0.2) is 18.2 Å². The summed E-state index contributed by atoms with van der Waals surface area (Å²) in [6, 6.07) is 6.80. The molecule has 0 amide bonds. The van der Waals surface area contributed by atoms with Gasteiger partial charge in [0.05, 0.1) is 12.9 Å². The van der Waals surface area contributed by atoms with Gasteiger partial charge in [-0.05, 0) is 6.92 Å². The average Bonchev–Trinajstić information content (AvgIpc) is 2.51. The molecule has 2 rings (SSSR count). The van der Waals surface area contributed by atoms with Gasteiger partial charge in [0.15, 0.2) is 0 Å². The van der Waals surface area contributed by atoms with E-state index in [-0.39, 0.29) is 17.1 Å². The van der Waals surface area contributed by atoms with Crippen LogP contribution in [0.3, 0.4) is 0 Å². The number of carbonyl (C=O) groups is 2. The zero-order chi connectivity index (χ0) is 10.8. The van der Waals surface area contributed by atoms with E-state index in [0.29, 0.717) is 17.7 Å². The molecule has 15 heavy (non-hydrogen) atoms. The molecule has 1 aliphatic carbocycles. The van der Waals surface area contributed by atoms with Gasteiger partial charge in [0.1, 0.15) is 5.57 Å². The average molecular weight is 202 g/mol. The maximum atomic E-state index is 11.7. The van der Waals surface area contributed by atoms with E-state index in [4.69, 9.17) is 4.74 Å². The number of ether oxygens (including phenoxy) is 1. The molecule has 0 heterocycles. The number of hydrogen-bond donors (Lipinski definition) is 0. The summed E-state index contributed by atoms with van der Waals surface area (Å²) in [5.41, 5.74) is 1.06. The predicted octanol–water partition coefficient (Wildman–Crippen LogP) is 1.99. The molecular formula is C12H10O3. The maximum Gasteiger partial charge on any atom is 0.200 e. The van der Waals surface area contributed by atoms with Crippen molar-refractivity contribution in [3.05, 3.63) is 47.2 Å². The molecule has 76 valence electrons. The maximum absolute atomic E-state index is 11.7. The Morgan fingerprint density at radius 1 is 1.13 bits per heavy atom. The van der Waals surface area contributed by atoms with E-state index in [9.17, 15) is 9.59 Å². The summed E-state index contributed by atoms with van der Waals surface area (Å²) in [6.45, 7) is 2.24. The van der Waals surface area contributed by atoms with Crippen molar-refractivity contribution in [3.8, 4) is 0 Å². The molecule has 3 heteroatoms. The first-order chi connectivity index (χ1) is 7.25. The van der Waals surface area contributed by atoms with E-state index in [2.05, 4.69) is 0 Å². The Morgan fingerprint density at radius 2 is 1.67 bits per heavy atom. The molecule has 0 saturated carbocycles. The highest BCUT2D eigenvalue weighted by Crippen LogP contribution is 2.25. The van der Waals surface area contributed by atoms with Crippen LogP contribution in [0.2, 0.25) is 0 Å². The lowest BCUT2D eigenvalue weighted by Crippen LogP contribution is -2.01. The summed E-state index contributed by atoms with van der Waals surface area (Å²) in [7, 11) is 0. The summed E-state index contributed by atoms with van der Waals surface area (Å²) >= 11 is 0. The van der Waals surface area contributed by atoms with Gasteiger partial charge in [0.2, 0.25) is 11.6 Å². The van der Waals surface area contributed by atoms with Gasteiger partial charge in [0, 0.05) is 11.1 Å². The van der Waals surface area contributed by atoms with Gasteiger partial charge in [0.25, 0.3) is 0 Å². The fourth-order valence-electron chi connectivity index (χ4n) is 1.55. The third-order valence-electron chi connectivity index (χ3n) is 2.27. The topological polar surface area (TPSA) is 43.4 Å². The second-order valence-corrected chi connectivity index (χ2v) is 3.19. The molecule has 1 aliphatic rings. The monoisotopic (exact) mass is 202 g/mol. The Labute approximate surface area is 87.4 Å². The first-order valence-electron chi connectivity index (χ1n) is 4.76. The minimum atomic E-state index is -0.246. The summed E-state index contributed by atoms with van der Waals surface area (Å²) in [6.07, 6.45) is 1.25. The normalized spacial score (nSPS) is 14.1. The molecule has 3 nitrogen and oxygen atoms in total. The zero-order valence-electron chi connectivity index (χ0n) is 8.32. The van der Waals surface area contributed by atoms with E-state index in [1.54, 1.807) is 31.2 Å². The minimum Gasteiger partial charge on any atom is -0.501 e. The minimum absolute atomic E-state index is 0.123. The van der Waals surface area contributed by atoms with Crippen molar-refractivity contribution in [1.29, 1.82) is 0 Å². The van der Waals surface area contributed by atoms with Gasteiger partial charge in [-0.2, -0.15) is 0 Å². The van der Waals surface area contributed by atoms with Gasteiger partial charge >= 0.3 is 0 Å². The molecule has 0 bridgehead atoms. The molecule has 0 saturated heterocycles. The molecule has 0 unspecified atom stereocenters. The zero-order valence-corrected chi connectivity index (χ0v) is 8.32. The molecule has 0 fully saturated rings. The molecule has 0 radical (unpaired) electrons. The highest BCUT2D eigenvalue weighted by molar-refractivity contribution is 6.39. The SMILES string of the molecule is CCOC=C1C(=O)c2ccccc2C1=O. The lowest BCUT2D eigenvalue weighted by Gasteiger charge is -1.95. The summed E-state index contributed by atoms with van der Waals surface area (Å²) in [5, 5.41) is 0. The second kappa shape index (κ2) is 3.69. The number of fused-ring (bicyclic) bond motifs is 1.